The molecule has 0 aromatic heterocycles. The molecular formula is C9H17N3O2. The maximum absolute atomic E-state index is 11.5. The van der Waals surface area contributed by atoms with Crippen LogP contribution >= 0.6 is 0 Å². The lowest BCUT2D eigenvalue weighted by atomic mass is 10.2. The molecule has 14 heavy (non-hydrogen) atoms. The van der Waals surface area contributed by atoms with Gasteiger partial charge < -0.3 is 15.5 Å². The lowest BCUT2D eigenvalue weighted by Crippen LogP contribution is -2.46. The molecule has 5 nitrogen and oxygen atoms in total. The van der Waals surface area contributed by atoms with Crippen molar-refractivity contribution in [3.63, 3.8) is 0 Å². The minimum Gasteiger partial charge on any atom is -0.354 e. The van der Waals surface area contributed by atoms with Crippen molar-refractivity contribution in [1.82, 2.24) is 15.5 Å². The highest BCUT2D eigenvalue weighted by atomic mass is 16.2. The van der Waals surface area contributed by atoms with E-state index in [1.165, 1.54) is 0 Å². The number of urea groups is 1. The SMILES string of the molecule is CCCNC(=O)C(C)N1CCNC1=O. The van der Waals surface area contributed by atoms with Crippen LogP contribution in [0.2, 0.25) is 0 Å². The van der Waals surface area contributed by atoms with Crippen molar-refractivity contribution in [2.45, 2.75) is 26.3 Å². The Balaban J connectivity index is 2.43. The van der Waals surface area contributed by atoms with Gasteiger partial charge in [-0.3, -0.25) is 4.79 Å². The summed E-state index contributed by atoms with van der Waals surface area (Å²) in [5, 5.41) is 5.44. The molecule has 1 unspecified atom stereocenters. The van der Waals surface area contributed by atoms with Gasteiger partial charge in [0.15, 0.2) is 0 Å². The van der Waals surface area contributed by atoms with E-state index in [1.807, 2.05) is 6.92 Å². The first kappa shape index (κ1) is 10.8. The van der Waals surface area contributed by atoms with Gasteiger partial charge in [0.2, 0.25) is 5.91 Å². The molecule has 0 aromatic rings. The van der Waals surface area contributed by atoms with Crippen molar-refractivity contribution in [3.05, 3.63) is 0 Å². The van der Waals surface area contributed by atoms with Crippen LogP contribution in [-0.4, -0.2) is 42.5 Å². The van der Waals surface area contributed by atoms with Crippen LogP contribution in [0.25, 0.3) is 0 Å². The Morgan fingerprint density at radius 2 is 2.43 bits per heavy atom. The smallest absolute Gasteiger partial charge is 0.318 e. The molecule has 80 valence electrons. The summed E-state index contributed by atoms with van der Waals surface area (Å²) in [5.74, 6) is -0.0797. The summed E-state index contributed by atoms with van der Waals surface area (Å²) in [7, 11) is 0. The lowest BCUT2D eigenvalue weighted by molar-refractivity contribution is -0.124. The van der Waals surface area contributed by atoms with Gasteiger partial charge in [0, 0.05) is 19.6 Å². The zero-order valence-electron chi connectivity index (χ0n) is 8.67. The fraction of sp³-hybridized carbons (Fsp3) is 0.778. The second-order valence-corrected chi connectivity index (χ2v) is 3.39. The van der Waals surface area contributed by atoms with Crippen LogP contribution in [0.3, 0.4) is 0 Å². The van der Waals surface area contributed by atoms with Crippen LogP contribution in [0.1, 0.15) is 20.3 Å². The maximum atomic E-state index is 11.5. The van der Waals surface area contributed by atoms with Gasteiger partial charge in [0.25, 0.3) is 0 Å². The largest absolute Gasteiger partial charge is 0.354 e. The van der Waals surface area contributed by atoms with Crippen molar-refractivity contribution in [2.24, 2.45) is 0 Å². The molecule has 1 atom stereocenters. The molecule has 0 spiro atoms. The van der Waals surface area contributed by atoms with E-state index in [2.05, 4.69) is 10.6 Å². The van der Waals surface area contributed by atoms with E-state index in [-0.39, 0.29) is 18.0 Å². The van der Waals surface area contributed by atoms with Crippen LogP contribution in [0, 0.1) is 0 Å². The number of hydrogen-bond acceptors (Lipinski definition) is 2. The molecule has 5 heteroatoms. The summed E-state index contributed by atoms with van der Waals surface area (Å²) in [6.45, 7) is 5.64. The van der Waals surface area contributed by atoms with Gasteiger partial charge in [-0.25, -0.2) is 4.79 Å². The third-order valence-corrected chi connectivity index (χ3v) is 2.29. The Kier molecular flexibility index (Phi) is 3.73. The van der Waals surface area contributed by atoms with E-state index < -0.39 is 0 Å². The molecule has 1 saturated heterocycles. The predicted octanol–water partition coefficient (Wildman–Crippen LogP) is -0.0737. The first-order chi connectivity index (χ1) is 6.66. The summed E-state index contributed by atoms with van der Waals surface area (Å²) >= 11 is 0. The van der Waals surface area contributed by atoms with Gasteiger partial charge in [-0.1, -0.05) is 6.92 Å². The van der Waals surface area contributed by atoms with Crippen LogP contribution in [0.15, 0.2) is 0 Å². The number of nitrogens with one attached hydrogen (secondary N) is 2. The van der Waals surface area contributed by atoms with Crippen LogP contribution in [-0.2, 0) is 4.79 Å². The quantitative estimate of drug-likeness (QED) is 0.665. The number of rotatable bonds is 4. The van der Waals surface area contributed by atoms with Crippen molar-refractivity contribution < 1.29 is 9.59 Å². The molecule has 2 N–H and O–H groups in total. The average Bonchev–Trinajstić information content (AvgIpc) is 2.59. The number of hydrogen-bond donors (Lipinski definition) is 2. The Bertz CT molecular complexity index is 230. The topological polar surface area (TPSA) is 61.4 Å². The van der Waals surface area contributed by atoms with E-state index in [9.17, 15) is 9.59 Å². The van der Waals surface area contributed by atoms with Gasteiger partial charge >= 0.3 is 6.03 Å². The van der Waals surface area contributed by atoms with Crippen molar-refractivity contribution in [2.75, 3.05) is 19.6 Å². The maximum Gasteiger partial charge on any atom is 0.318 e. The van der Waals surface area contributed by atoms with Gasteiger partial charge in [0.05, 0.1) is 0 Å². The Labute approximate surface area is 83.8 Å². The molecule has 3 amide bonds. The third-order valence-electron chi connectivity index (χ3n) is 2.29. The zero-order chi connectivity index (χ0) is 10.6. The molecule has 0 saturated carbocycles. The van der Waals surface area contributed by atoms with Crippen LogP contribution in [0.4, 0.5) is 4.79 Å². The zero-order valence-corrected chi connectivity index (χ0v) is 8.67. The Morgan fingerprint density at radius 3 is 2.93 bits per heavy atom. The number of carbonyl (C=O) groups excluding carboxylic acids is 2. The van der Waals surface area contributed by atoms with Crippen molar-refractivity contribution >= 4 is 11.9 Å². The first-order valence-corrected chi connectivity index (χ1v) is 4.99. The second kappa shape index (κ2) is 4.83. The molecule has 1 aliphatic rings. The van der Waals surface area contributed by atoms with E-state index in [1.54, 1.807) is 11.8 Å². The number of amides is 3. The molecular weight excluding hydrogens is 182 g/mol. The first-order valence-electron chi connectivity index (χ1n) is 4.99. The standard InChI is InChI=1S/C9H17N3O2/c1-3-4-10-8(13)7(2)12-6-5-11-9(12)14/h7H,3-6H2,1-2H3,(H,10,13)(H,11,14). The average molecular weight is 199 g/mol. The van der Waals surface area contributed by atoms with Gasteiger partial charge in [-0.15, -0.1) is 0 Å². The van der Waals surface area contributed by atoms with Gasteiger partial charge in [0.1, 0.15) is 6.04 Å². The molecule has 0 bridgehead atoms. The summed E-state index contributed by atoms with van der Waals surface area (Å²) in [6.07, 6.45) is 0.907. The number of nitrogens with zero attached hydrogens (tertiary/aromatic N) is 1. The van der Waals surface area contributed by atoms with Gasteiger partial charge in [-0.05, 0) is 13.3 Å². The fourth-order valence-electron chi connectivity index (χ4n) is 1.39. The second-order valence-electron chi connectivity index (χ2n) is 3.39. The highest BCUT2D eigenvalue weighted by Crippen LogP contribution is 2.03. The van der Waals surface area contributed by atoms with Crippen molar-refractivity contribution in [1.29, 1.82) is 0 Å². The molecule has 0 aliphatic carbocycles. The fourth-order valence-corrected chi connectivity index (χ4v) is 1.39. The Morgan fingerprint density at radius 1 is 1.71 bits per heavy atom. The highest BCUT2D eigenvalue weighted by Gasteiger charge is 2.28. The summed E-state index contributed by atoms with van der Waals surface area (Å²) in [5.41, 5.74) is 0. The molecule has 0 aromatic carbocycles. The summed E-state index contributed by atoms with van der Waals surface area (Å²) < 4.78 is 0. The molecule has 0 radical (unpaired) electrons. The van der Waals surface area contributed by atoms with Crippen LogP contribution < -0.4 is 10.6 Å². The molecule has 1 fully saturated rings. The molecule has 1 heterocycles. The number of carbonyl (C=O) groups is 2. The lowest BCUT2D eigenvalue weighted by Gasteiger charge is -2.21. The van der Waals surface area contributed by atoms with Crippen molar-refractivity contribution in [3.8, 4) is 0 Å². The van der Waals surface area contributed by atoms with E-state index >= 15 is 0 Å². The minimum atomic E-state index is -0.371. The van der Waals surface area contributed by atoms with E-state index in [4.69, 9.17) is 0 Å². The monoisotopic (exact) mass is 199 g/mol. The Hall–Kier alpha value is -1.26. The normalized spacial score (nSPS) is 17.9. The van der Waals surface area contributed by atoms with E-state index in [0.717, 1.165) is 6.42 Å². The summed E-state index contributed by atoms with van der Waals surface area (Å²) in [4.78, 5) is 24.3. The minimum absolute atomic E-state index is 0.0797. The summed E-state index contributed by atoms with van der Waals surface area (Å²) in [6, 6.07) is -0.520. The van der Waals surface area contributed by atoms with E-state index in [0.29, 0.717) is 19.6 Å². The molecule has 1 rings (SSSR count). The third kappa shape index (κ3) is 2.37. The van der Waals surface area contributed by atoms with Gasteiger partial charge in [-0.2, -0.15) is 0 Å². The van der Waals surface area contributed by atoms with Crippen LogP contribution in [0.5, 0.6) is 0 Å². The highest BCUT2D eigenvalue weighted by molar-refractivity contribution is 5.87. The molecule has 1 aliphatic heterocycles. The predicted molar refractivity (Wildman–Crippen MR) is 52.9 cm³/mol.